The largest absolute Gasteiger partial charge is 0.397 e. The van der Waals surface area contributed by atoms with Gasteiger partial charge in [-0.15, -0.1) is 4.36 Å². The van der Waals surface area contributed by atoms with Crippen LogP contribution in [0.2, 0.25) is 10.0 Å². The van der Waals surface area contributed by atoms with Crippen LogP contribution in [0.1, 0.15) is 0 Å². The van der Waals surface area contributed by atoms with Crippen LogP contribution in [0.3, 0.4) is 0 Å². The first-order valence-electron chi connectivity index (χ1n) is 5.69. The second-order valence-electron chi connectivity index (χ2n) is 3.95. The highest BCUT2D eigenvalue weighted by Crippen LogP contribution is 2.21. The Labute approximate surface area is 144 Å². The number of nitrogen functional groups attached to an aromatic ring is 1. The second-order valence-corrected chi connectivity index (χ2v) is 6.83. The van der Waals surface area contributed by atoms with Crippen molar-refractivity contribution < 1.29 is 21.4 Å². The van der Waals surface area contributed by atoms with Gasteiger partial charge in [-0.05, 0) is 36.4 Å². The molecule has 0 atom stereocenters. The van der Waals surface area contributed by atoms with Crippen LogP contribution >= 0.6 is 23.2 Å². The van der Waals surface area contributed by atoms with Crippen LogP contribution < -0.4 is 5.73 Å². The van der Waals surface area contributed by atoms with E-state index in [1.807, 2.05) is 0 Å². The van der Waals surface area contributed by atoms with Gasteiger partial charge in [0.2, 0.25) is 0 Å². The topological polar surface area (TPSA) is 127 Å². The normalized spacial score (nSPS) is 10.4. The van der Waals surface area contributed by atoms with Crippen molar-refractivity contribution in [2.75, 3.05) is 5.73 Å². The molecule has 0 saturated heterocycles. The number of anilines is 1. The minimum Gasteiger partial charge on any atom is -0.397 e. The molecule has 0 aromatic heterocycles. The van der Waals surface area contributed by atoms with Gasteiger partial charge < -0.3 is 5.73 Å². The van der Waals surface area contributed by atoms with Gasteiger partial charge >= 0.3 is 10.5 Å². The summed E-state index contributed by atoms with van der Waals surface area (Å²) < 4.78 is 53.3. The van der Waals surface area contributed by atoms with E-state index in [1.165, 1.54) is 12.1 Å². The molecule has 124 valence electrons. The number of hydrogen-bond acceptors (Lipinski definition) is 6. The van der Waals surface area contributed by atoms with Gasteiger partial charge in [0.05, 0.1) is 21.3 Å². The SMILES string of the molecule is Nc1cc(Cl)ccc1Cl.O=S(=O)=Nc1cccc(S(=O)(=O)O)c1. The quantitative estimate of drug-likeness (QED) is 0.592. The van der Waals surface area contributed by atoms with Gasteiger partial charge in [-0.3, -0.25) is 4.55 Å². The number of nitrogens with zero attached hydrogens (tertiary/aromatic N) is 1. The first-order chi connectivity index (χ1) is 10.6. The summed E-state index contributed by atoms with van der Waals surface area (Å²) in [4.78, 5) is -0.399. The van der Waals surface area contributed by atoms with Crippen LogP contribution in [-0.2, 0) is 20.6 Å². The zero-order valence-electron chi connectivity index (χ0n) is 11.2. The molecule has 2 aromatic rings. The molecule has 0 fully saturated rings. The summed E-state index contributed by atoms with van der Waals surface area (Å²) in [7, 11) is -6.98. The summed E-state index contributed by atoms with van der Waals surface area (Å²) in [5.41, 5.74) is 5.86. The molecule has 0 aliphatic carbocycles. The average Bonchev–Trinajstić information content (AvgIpc) is 2.43. The number of halogens is 2. The summed E-state index contributed by atoms with van der Waals surface area (Å²) in [5, 5.41) is 1.15. The van der Waals surface area contributed by atoms with Crippen molar-refractivity contribution in [2.45, 2.75) is 4.90 Å². The Morgan fingerprint density at radius 1 is 1.09 bits per heavy atom. The lowest BCUT2D eigenvalue weighted by Crippen LogP contribution is -1.96. The maximum atomic E-state index is 10.6. The summed E-state index contributed by atoms with van der Waals surface area (Å²) in [6, 6.07) is 9.62. The fourth-order valence-electron chi connectivity index (χ4n) is 1.30. The summed E-state index contributed by atoms with van der Waals surface area (Å²) in [5.74, 6) is 0. The molecule has 0 bridgehead atoms. The van der Waals surface area contributed by atoms with E-state index >= 15 is 0 Å². The molecule has 3 N–H and O–H groups in total. The highest BCUT2D eigenvalue weighted by molar-refractivity contribution is 7.85. The number of nitrogens with two attached hydrogens (primary N) is 1. The van der Waals surface area contributed by atoms with Crippen molar-refractivity contribution in [1.29, 1.82) is 0 Å². The number of hydrogen-bond donors (Lipinski definition) is 2. The molecule has 0 aliphatic rings. The van der Waals surface area contributed by atoms with Crippen LogP contribution in [0, 0.1) is 0 Å². The fourth-order valence-corrected chi connectivity index (χ4v) is 2.41. The molecule has 0 aliphatic heterocycles. The van der Waals surface area contributed by atoms with Crippen LogP contribution in [-0.4, -0.2) is 21.4 Å². The van der Waals surface area contributed by atoms with Crippen molar-refractivity contribution in [3.05, 3.63) is 52.5 Å². The molecule has 0 spiro atoms. The van der Waals surface area contributed by atoms with Crippen molar-refractivity contribution in [1.82, 2.24) is 0 Å². The van der Waals surface area contributed by atoms with Crippen molar-refractivity contribution in [3.63, 3.8) is 0 Å². The van der Waals surface area contributed by atoms with Crippen LogP contribution in [0.25, 0.3) is 0 Å². The molecule has 0 amide bonds. The summed E-state index contributed by atoms with van der Waals surface area (Å²) >= 11 is 11.2. The minimum atomic E-state index is -4.32. The van der Waals surface area contributed by atoms with E-state index in [2.05, 4.69) is 4.36 Å². The molecule has 2 aromatic carbocycles. The van der Waals surface area contributed by atoms with Gasteiger partial charge in [-0.2, -0.15) is 16.8 Å². The molecule has 23 heavy (non-hydrogen) atoms. The first kappa shape index (κ1) is 19.4. The van der Waals surface area contributed by atoms with Crippen molar-refractivity contribution >= 4 is 55.2 Å². The van der Waals surface area contributed by atoms with Gasteiger partial charge in [0.1, 0.15) is 0 Å². The second kappa shape index (κ2) is 8.27. The predicted molar refractivity (Wildman–Crippen MR) is 88.1 cm³/mol. The molecular formula is C12H10Cl2N2O5S2. The van der Waals surface area contributed by atoms with E-state index in [4.69, 9.17) is 33.5 Å². The zero-order chi connectivity index (χ0) is 17.6. The van der Waals surface area contributed by atoms with Gasteiger partial charge in [0, 0.05) is 5.02 Å². The third-order valence-corrected chi connectivity index (χ3v) is 4.04. The molecule has 7 nitrogen and oxygen atoms in total. The van der Waals surface area contributed by atoms with Crippen LogP contribution in [0.5, 0.6) is 0 Å². The molecule has 2 rings (SSSR count). The Kier molecular flexibility index (Phi) is 6.98. The summed E-state index contributed by atoms with van der Waals surface area (Å²) in [6.07, 6.45) is 0. The average molecular weight is 397 g/mol. The molecule has 0 radical (unpaired) electrons. The monoisotopic (exact) mass is 396 g/mol. The van der Waals surface area contributed by atoms with Crippen molar-refractivity contribution in [3.8, 4) is 0 Å². The Morgan fingerprint density at radius 2 is 1.74 bits per heavy atom. The lowest BCUT2D eigenvalue weighted by molar-refractivity contribution is 0.483. The van der Waals surface area contributed by atoms with E-state index in [-0.39, 0.29) is 5.69 Å². The highest BCUT2D eigenvalue weighted by atomic mass is 35.5. The zero-order valence-corrected chi connectivity index (χ0v) is 14.4. The van der Waals surface area contributed by atoms with Gasteiger partial charge in [0.15, 0.2) is 0 Å². The Bertz CT molecular complexity index is 936. The Balaban J connectivity index is 0.000000253. The molecule has 11 heteroatoms. The predicted octanol–water partition coefficient (Wildman–Crippen LogP) is 3.20. The third-order valence-electron chi connectivity index (χ3n) is 2.25. The molecule has 0 heterocycles. The first-order valence-corrected chi connectivity index (χ1v) is 8.91. The fraction of sp³-hybridized carbons (Fsp3) is 0. The minimum absolute atomic E-state index is 0.0616. The lowest BCUT2D eigenvalue weighted by Gasteiger charge is -1.95. The van der Waals surface area contributed by atoms with Gasteiger partial charge in [-0.1, -0.05) is 29.3 Å². The molecular weight excluding hydrogens is 387 g/mol. The van der Waals surface area contributed by atoms with E-state index in [0.717, 1.165) is 12.1 Å². The van der Waals surface area contributed by atoms with Crippen molar-refractivity contribution in [2.24, 2.45) is 4.36 Å². The van der Waals surface area contributed by atoms with Gasteiger partial charge in [0.25, 0.3) is 10.1 Å². The summed E-state index contributed by atoms with van der Waals surface area (Å²) in [6.45, 7) is 0. The lowest BCUT2D eigenvalue weighted by atomic mass is 10.3. The van der Waals surface area contributed by atoms with E-state index < -0.39 is 25.5 Å². The van der Waals surface area contributed by atoms with E-state index in [0.29, 0.717) is 15.7 Å². The third kappa shape index (κ3) is 6.97. The number of rotatable bonds is 2. The Hall–Kier alpha value is -1.65. The Morgan fingerprint density at radius 3 is 2.22 bits per heavy atom. The highest BCUT2D eigenvalue weighted by Gasteiger charge is 2.09. The molecule has 0 unspecified atom stereocenters. The standard InChI is InChI=1S/C6H5Cl2N.C6H5NO5S2/c7-4-1-2-5(8)6(9)3-4;8-13(9)7-5-2-1-3-6(4-5)14(10,11)12/h1-3H,9H2;1-4H,(H,10,11,12). The molecule has 0 saturated carbocycles. The maximum Gasteiger partial charge on any atom is 0.316 e. The van der Waals surface area contributed by atoms with E-state index in [1.54, 1.807) is 18.2 Å². The maximum absolute atomic E-state index is 10.6. The van der Waals surface area contributed by atoms with E-state index in [9.17, 15) is 16.8 Å². The smallest absolute Gasteiger partial charge is 0.316 e. The van der Waals surface area contributed by atoms with Gasteiger partial charge in [-0.25, -0.2) is 0 Å². The van der Waals surface area contributed by atoms with Crippen LogP contribution in [0.4, 0.5) is 11.4 Å². The van der Waals surface area contributed by atoms with Crippen LogP contribution in [0.15, 0.2) is 51.7 Å². The number of benzene rings is 2.